The molecule has 120 valence electrons. The summed E-state index contributed by atoms with van der Waals surface area (Å²) in [6, 6.07) is 0. The number of hydrogen-bond donors (Lipinski definition) is 0. The van der Waals surface area contributed by atoms with Gasteiger partial charge in [-0.15, -0.1) is 0 Å². The van der Waals surface area contributed by atoms with Gasteiger partial charge in [-0.05, 0) is 38.5 Å². The Labute approximate surface area is 151 Å². The Balaban J connectivity index is 2.22. The molecule has 0 aromatic rings. The Bertz CT molecular complexity index is 378. The third kappa shape index (κ3) is 4.65. The Hall–Kier alpha value is 0.290. The van der Waals surface area contributed by atoms with E-state index in [0.29, 0.717) is 12.7 Å². The Morgan fingerprint density at radius 1 is 1.09 bits per heavy atom. The van der Waals surface area contributed by atoms with E-state index in [4.69, 9.17) is 23.5 Å². The summed E-state index contributed by atoms with van der Waals surface area (Å²) in [5.41, 5.74) is -0.447. The van der Waals surface area contributed by atoms with Crippen LogP contribution in [-0.4, -0.2) is 33.4 Å². The van der Waals surface area contributed by atoms with E-state index in [2.05, 4.69) is 0 Å². The van der Waals surface area contributed by atoms with Crippen molar-refractivity contribution in [2.45, 2.75) is 94.0 Å². The summed E-state index contributed by atoms with van der Waals surface area (Å²) >= 11 is 1.89. The maximum absolute atomic E-state index is 12.7. The summed E-state index contributed by atoms with van der Waals surface area (Å²) in [5, 5.41) is -0.796. The Morgan fingerprint density at radius 2 is 1.68 bits per heavy atom. The number of ether oxygens (including phenoxy) is 1. The summed E-state index contributed by atoms with van der Waals surface area (Å²) in [6.07, 6.45) is 10.9. The molecule has 3 nitrogen and oxygen atoms in total. The average Bonchev–Trinajstić information content (AvgIpc) is 2.62. The van der Waals surface area contributed by atoms with E-state index in [1.807, 2.05) is 23.0 Å². The van der Waals surface area contributed by atoms with E-state index < -0.39 is 10.9 Å². The van der Waals surface area contributed by atoms with E-state index in [9.17, 15) is 4.79 Å². The fraction of sp³-hybridized carbons (Fsp3) is 0.938. The van der Waals surface area contributed by atoms with Crippen LogP contribution in [0.1, 0.15) is 70.6 Å². The third-order valence-electron chi connectivity index (χ3n) is 5.21. The SMILES string of the molecule is [B]CC(CC12CCCCCCCC([B])(CCC1)C(=O)O2)OI. The van der Waals surface area contributed by atoms with Gasteiger partial charge < -0.3 is 7.80 Å². The van der Waals surface area contributed by atoms with Crippen LogP contribution in [0.25, 0.3) is 0 Å². The Morgan fingerprint density at radius 3 is 2.36 bits per heavy atom. The number of hydrogen-bond acceptors (Lipinski definition) is 3. The zero-order valence-electron chi connectivity index (χ0n) is 13.3. The molecule has 0 N–H and O–H groups in total. The van der Waals surface area contributed by atoms with Crippen LogP contribution >= 0.6 is 23.0 Å². The monoisotopic (exact) mass is 414 g/mol. The molecule has 2 fully saturated rings. The van der Waals surface area contributed by atoms with Crippen molar-refractivity contribution >= 4 is 44.7 Å². The molecular formula is C16H25B2IO3. The van der Waals surface area contributed by atoms with Gasteiger partial charge in [0.2, 0.25) is 0 Å². The van der Waals surface area contributed by atoms with Crippen molar-refractivity contribution in [2.75, 3.05) is 0 Å². The minimum absolute atomic E-state index is 0.0798. The number of halogens is 1. The summed E-state index contributed by atoms with van der Waals surface area (Å²) in [4.78, 5) is 12.7. The number of esters is 1. The van der Waals surface area contributed by atoms with Crippen LogP contribution in [0.2, 0.25) is 11.6 Å². The number of rotatable bonds is 4. The van der Waals surface area contributed by atoms with Crippen molar-refractivity contribution in [3.8, 4) is 0 Å². The summed E-state index contributed by atoms with van der Waals surface area (Å²) in [5.74, 6) is -0.212. The highest BCUT2D eigenvalue weighted by Gasteiger charge is 2.45. The van der Waals surface area contributed by atoms with Gasteiger partial charge in [0.25, 0.3) is 0 Å². The quantitative estimate of drug-likeness (QED) is 0.393. The van der Waals surface area contributed by atoms with E-state index >= 15 is 0 Å². The second kappa shape index (κ2) is 8.41. The fourth-order valence-corrected chi connectivity index (χ4v) is 4.20. The first-order valence-corrected chi connectivity index (χ1v) is 9.41. The summed E-state index contributed by atoms with van der Waals surface area (Å²) < 4.78 is 11.5. The topological polar surface area (TPSA) is 35.5 Å². The van der Waals surface area contributed by atoms with Crippen molar-refractivity contribution in [3.63, 3.8) is 0 Å². The van der Waals surface area contributed by atoms with Crippen LogP contribution in [0.4, 0.5) is 0 Å². The molecule has 0 spiro atoms. The summed E-state index contributed by atoms with van der Waals surface area (Å²) in [6.45, 7) is 0. The fourth-order valence-electron chi connectivity index (χ4n) is 3.81. The molecule has 2 heterocycles. The molecule has 0 saturated carbocycles. The highest BCUT2D eigenvalue weighted by atomic mass is 127. The molecule has 2 bridgehead atoms. The highest BCUT2D eigenvalue weighted by molar-refractivity contribution is 14.1. The maximum Gasteiger partial charge on any atom is 0.303 e. The number of carbonyl (C=O) groups excluding carboxylic acids is 1. The lowest BCUT2D eigenvalue weighted by Gasteiger charge is -2.36. The van der Waals surface area contributed by atoms with Crippen molar-refractivity contribution in [3.05, 3.63) is 0 Å². The van der Waals surface area contributed by atoms with E-state index in [1.165, 1.54) is 12.8 Å². The molecule has 6 heteroatoms. The number of fused-ring (bicyclic) bond motifs is 3. The molecule has 4 radical (unpaired) electrons. The van der Waals surface area contributed by atoms with Gasteiger partial charge in [0.05, 0.1) is 21.8 Å². The van der Waals surface area contributed by atoms with Gasteiger partial charge in [-0.1, -0.05) is 32.0 Å². The van der Waals surface area contributed by atoms with E-state index in [1.54, 1.807) is 0 Å². The van der Waals surface area contributed by atoms with Crippen molar-refractivity contribution in [1.29, 1.82) is 0 Å². The molecule has 0 aromatic heterocycles. The number of carbonyl (C=O) groups is 1. The van der Waals surface area contributed by atoms with Crippen LogP contribution in [0.3, 0.4) is 0 Å². The molecule has 2 aliphatic rings. The molecule has 3 unspecified atom stereocenters. The second-order valence-electron chi connectivity index (χ2n) is 7.00. The average molecular weight is 414 g/mol. The van der Waals surface area contributed by atoms with Gasteiger partial charge in [-0.25, -0.2) is 0 Å². The van der Waals surface area contributed by atoms with E-state index in [-0.39, 0.29) is 12.1 Å². The van der Waals surface area contributed by atoms with Crippen molar-refractivity contribution in [1.82, 2.24) is 0 Å². The lowest BCUT2D eigenvalue weighted by atomic mass is 9.63. The molecule has 0 amide bonds. The molecule has 22 heavy (non-hydrogen) atoms. The summed E-state index contributed by atoms with van der Waals surface area (Å²) in [7, 11) is 12.2. The Kier molecular flexibility index (Phi) is 7.12. The predicted molar refractivity (Wildman–Crippen MR) is 97.5 cm³/mol. The smallest absolute Gasteiger partial charge is 0.303 e. The molecular weight excluding hydrogens is 389 g/mol. The molecule has 0 aromatic carbocycles. The zero-order valence-corrected chi connectivity index (χ0v) is 15.5. The largest absolute Gasteiger partial charge is 0.459 e. The normalized spacial score (nSPS) is 35.2. The van der Waals surface area contributed by atoms with Crippen molar-refractivity contribution < 1.29 is 12.6 Å². The molecule has 0 aliphatic carbocycles. The van der Waals surface area contributed by atoms with E-state index in [0.717, 1.165) is 51.4 Å². The molecule has 2 aliphatic heterocycles. The lowest BCUT2D eigenvalue weighted by Crippen LogP contribution is -2.39. The van der Waals surface area contributed by atoms with Crippen LogP contribution < -0.4 is 0 Å². The van der Waals surface area contributed by atoms with Gasteiger partial charge in [0.15, 0.2) is 0 Å². The minimum Gasteiger partial charge on any atom is -0.459 e. The molecule has 3 atom stereocenters. The standard InChI is InChI=1S/C16H25B2IO3/c17-12-13(22-19)11-15-7-4-2-1-3-5-9-16(18,10-6-8-15)14(20)21-15/h13H,1-12H2. The van der Waals surface area contributed by atoms with Gasteiger partial charge in [-0.2, -0.15) is 0 Å². The first kappa shape index (κ1) is 18.6. The van der Waals surface area contributed by atoms with Gasteiger partial charge in [0.1, 0.15) is 28.6 Å². The van der Waals surface area contributed by atoms with Crippen molar-refractivity contribution in [2.24, 2.45) is 0 Å². The van der Waals surface area contributed by atoms with Gasteiger partial charge >= 0.3 is 5.97 Å². The first-order chi connectivity index (χ1) is 10.5. The van der Waals surface area contributed by atoms with Crippen LogP contribution in [0.15, 0.2) is 0 Å². The maximum atomic E-state index is 12.7. The first-order valence-electron chi connectivity index (χ1n) is 8.53. The molecule has 2 rings (SSSR count). The highest BCUT2D eigenvalue weighted by Crippen LogP contribution is 2.46. The second-order valence-corrected chi connectivity index (χ2v) is 7.51. The van der Waals surface area contributed by atoms with Crippen LogP contribution in [0, 0.1) is 0 Å². The van der Waals surface area contributed by atoms with Gasteiger partial charge in [0, 0.05) is 11.7 Å². The minimum atomic E-state index is -0.796. The predicted octanol–water partition coefficient (Wildman–Crippen LogP) is 4.24. The van der Waals surface area contributed by atoms with Crippen LogP contribution in [-0.2, 0) is 12.6 Å². The molecule has 2 saturated heterocycles. The third-order valence-corrected chi connectivity index (χ3v) is 5.93. The zero-order chi connectivity index (χ0) is 16.1. The van der Waals surface area contributed by atoms with Crippen LogP contribution in [0.5, 0.6) is 0 Å². The van der Waals surface area contributed by atoms with Gasteiger partial charge in [-0.3, -0.25) is 4.79 Å². The lowest BCUT2D eigenvalue weighted by molar-refractivity contribution is -0.165.